The summed E-state index contributed by atoms with van der Waals surface area (Å²) in [5.74, 6) is 0. The Balaban J connectivity index is 2.66. The molecule has 0 saturated carbocycles. The fourth-order valence-corrected chi connectivity index (χ4v) is 4.37. The Morgan fingerprint density at radius 1 is 1.56 bits per heavy atom. The van der Waals surface area contributed by atoms with Crippen molar-refractivity contribution < 1.29 is 10.9 Å². The van der Waals surface area contributed by atoms with Gasteiger partial charge in [-0.3, -0.25) is 0 Å². The molecule has 9 heavy (non-hydrogen) atoms. The zero-order valence-corrected chi connectivity index (χ0v) is 9.84. The minimum atomic E-state index is -1.50. The van der Waals surface area contributed by atoms with Gasteiger partial charge in [0.15, 0.2) is 0 Å². The molecule has 0 aromatic heterocycles. The molecule has 0 radical (unpaired) electrons. The molecule has 1 aliphatic carbocycles. The molecule has 0 nitrogen and oxygen atoms in total. The van der Waals surface area contributed by atoms with Gasteiger partial charge in [-0.1, -0.05) is 0 Å². The maximum atomic E-state index is 3.67. The molecule has 0 heterocycles. The monoisotopic (exact) mass is 341 g/mol. The van der Waals surface area contributed by atoms with E-state index in [0.29, 0.717) is 0 Å². The van der Waals surface area contributed by atoms with Gasteiger partial charge in [-0.15, -0.1) is 0 Å². The van der Waals surface area contributed by atoms with Crippen LogP contribution >= 0.6 is 27.2 Å². The summed E-state index contributed by atoms with van der Waals surface area (Å²) in [7, 11) is -1.50. The Kier molecular flexibility index (Phi) is 2.70. The van der Waals surface area contributed by atoms with E-state index in [1.54, 1.807) is 0 Å². The van der Waals surface area contributed by atoms with Crippen molar-refractivity contribution >= 4 is 27.2 Å². The fraction of sp³-hybridized carbons (Fsp3) is 0.333. The van der Waals surface area contributed by atoms with Gasteiger partial charge in [0.1, 0.15) is 0 Å². The average molecular weight is 343 g/mol. The van der Waals surface area contributed by atoms with Crippen molar-refractivity contribution in [2.45, 2.75) is 11.9 Å². The van der Waals surface area contributed by atoms with Gasteiger partial charge in [-0.05, 0) is 0 Å². The van der Waals surface area contributed by atoms with Crippen molar-refractivity contribution in [1.29, 1.82) is 0 Å². The predicted octanol–water partition coefficient (Wildman–Crippen LogP) is 3.65. The molecule has 1 rings (SSSR count). The molecule has 0 aromatic rings. The first-order valence-corrected chi connectivity index (χ1v) is 12.4. The van der Waals surface area contributed by atoms with Gasteiger partial charge in [-0.25, -0.2) is 0 Å². The van der Waals surface area contributed by atoms with E-state index < -0.39 is 10.9 Å². The van der Waals surface area contributed by atoms with E-state index in [-0.39, 0.29) is 0 Å². The van der Waals surface area contributed by atoms with Gasteiger partial charge in [0, 0.05) is 0 Å². The Labute approximate surface area is 71.9 Å². The Hall–Kier alpha value is 1.06. The van der Waals surface area contributed by atoms with E-state index in [2.05, 4.69) is 51.0 Å². The van der Waals surface area contributed by atoms with Gasteiger partial charge >= 0.3 is 72.4 Å². The van der Waals surface area contributed by atoms with Crippen LogP contribution in [-0.2, 0) is 10.9 Å². The Morgan fingerprint density at radius 2 is 2.22 bits per heavy atom. The molecule has 0 aromatic carbocycles. The van der Waals surface area contributed by atoms with E-state index in [1.165, 1.54) is 4.17 Å². The van der Waals surface area contributed by atoms with Crippen LogP contribution < -0.4 is 0 Å². The first-order chi connectivity index (χ1) is 4.11. The molecular weight excluding hydrogens is 335 g/mol. The van der Waals surface area contributed by atoms with Crippen molar-refractivity contribution in [3.8, 4) is 0 Å². The summed E-state index contributed by atoms with van der Waals surface area (Å²) in [6, 6.07) is 0. The number of halogens is 2. The van der Waals surface area contributed by atoms with E-state index >= 15 is 0 Å². The van der Waals surface area contributed by atoms with Crippen molar-refractivity contribution in [1.82, 2.24) is 0 Å². The standard InChI is InChI=1S/C5H5.CH3.2BrH.Rh/c1-2-4-5-3-1;;;;/h1-3H,4H2;1H3;2*1H;/q;;;;+2/p-2. The summed E-state index contributed by atoms with van der Waals surface area (Å²) in [5.41, 5.74) is 2.25. The first kappa shape index (κ1) is 8.16. The first-order valence-electron chi connectivity index (χ1n) is 2.47. The van der Waals surface area contributed by atoms with E-state index in [1.807, 2.05) is 0 Å². The zero-order valence-electron chi connectivity index (χ0n) is 5.03. The van der Waals surface area contributed by atoms with Gasteiger partial charge in [0.05, 0.1) is 0 Å². The molecule has 1 aliphatic rings. The topological polar surface area (TPSA) is 0 Å². The van der Waals surface area contributed by atoms with Crippen LogP contribution in [0.2, 0.25) is 5.52 Å². The summed E-state index contributed by atoms with van der Waals surface area (Å²) in [6.45, 7) is 0. The van der Waals surface area contributed by atoms with Crippen LogP contribution in [0.4, 0.5) is 0 Å². The van der Waals surface area contributed by atoms with Gasteiger partial charge in [0.25, 0.3) is 0 Å². The van der Waals surface area contributed by atoms with Crippen LogP contribution in [0.15, 0.2) is 22.4 Å². The summed E-state index contributed by atoms with van der Waals surface area (Å²) in [5, 5.41) is 0. The fourth-order valence-electron chi connectivity index (χ4n) is 0.629. The summed E-state index contributed by atoms with van der Waals surface area (Å²) in [4.78, 5) is 0. The second kappa shape index (κ2) is 2.98. The maximum absolute atomic E-state index is 3.67. The van der Waals surface area contributed by atoms with Crippen LogP contribution in [0.5, 0.6) is 0 Å². The Morgan fingerprint density at radius 3 is 2.44 bits per heavy atom. The van der Waals surface area contributed by atoms with Crippen LogP contribution in [0.1, 0.15) is 6.42 Å². The van der Waals surface area contributed by atoms with Crippen molar-refractivity contribution in [2.75, 3.05) is 0 Å². The summed E-state index contributed by atoms with van der Waals surface area (Å²) >= 11 is 7.35. The molecule has 0 aliphatic heterocycles. The Bertz CT molecular complexity index is 164. The van der Waals surface area contributed by atoms with Crippen LogP contribution in [0.3, 0.4) is 0 Å². The molecule has 0 N–H and O–H groups in total. The summed E-state index contributed by atoms with van der Waals surface area (Å²) in [6.07, 6.45) is 7.64. The molecule has 3 heteroatoms. The molecule has 55 valence electrons. The third-order valence-corrected chi connectivity index (χ3v) is 7.56. The molecule has 0 amide bonds. The van der Waals surface area contributed by atoms with E-state index in [4.69, 9.17) is 0 Å². The second-order valence-corrected chi connectivity index (χ2v) is 22.5. The van der Waals surface area contributed by atoms with Crippen LogP contribution in [-0.4, -0.2) is 0 Å². The molecule has 0 fully saturated rings. The normalized spacial score (nSPS) is 20.1. The van der Waals surface area contributed by atoms with E-state index in [9.17, 15) is 0 Å². The molecular formula is C6H8Br2Rh. The van der Waals surface area contributed by atoms with Gasteiger partial charge < -0.3 is 0 Å². The number of hydrogen-bond donors (Lipinski definition) is 0. The molecule has 0 bridgehead atoms. The van der Waals surface area contributed by atoms with Crippen molar-refractivity contribution in [3.05, 3.63) is 22.4 Å². The minimum absolute atomic E-state index is 1.13. The third kappa shape index (κ3) is 2.29. The molecule has 0 unspecified atom stereocenters. The average Bonchev–Trinajstić information content (AvgIpc) is 2.08. The third-order valence-electron chi connectivity index (χ3n) is 1.09. The predicted molar refractivity (Wildman–Crippen MR) is 45.6 cm³/mol. The molecule has 0 atom stereocenters. The van der Waals surface area contributed by atoms with Gasteiger partial charge in [-0.2, -0.15) is 0 Å². The second-order valence-electron chi connectivity index (χ2n) is 1.81. The number of allylic oxidation sites excluding steroid dienone is 4. The van der Waals surface area contributed by atoms with E-state index in [0.717, 1.165) is 6.42 Å². The zero-order chi connectivity index (χ0) is 6.91. The molecule has 0 saturated heterocycles. The SMILES string of the molecule is [CH3][Rh]([Br])([Br])[C]1=CC=CC1. The summed E-state index contributed by atoms with van der Waals surface area (Å²) < 4.78 is 1.54. The quantitative estimate of drug-likeness (QED) is 0.638. The van der Waals surface area contributed by atoms with Crippen LogP contribution in [0.25, 0.3) is 0 Å². The number of hydrogen-bond acceptors (Lipinski definition) is 0. The van der Waals surface area contributed by atoms with Crippen molar-refractivity contribution in [3.63, 3.8) is 0 Å². The van der Waals surface area contributed by atoms with Crippen LogP contribution in [0, 0.1) is 0 Å². The van der Waals surface area contributed by atoms with Gasteiger partial charge in [0.2, 0.25) is 0 Å². The number of rotatable bonds is 1. The molecule has 0 spiro atoms. The van der Waals surface area contributed by atoms with Crippen molar-refractivity contribution in [2.24, 2.45) is 0 Å².